The van der Waals surface area contributed by atoms with E-state index in [4.69, 9.17) is 4.74 Å². The SMILES string of the molecule is CN=C(NCC(c1cccs1)N1CCOC(C)C1)N1CCC(CC(=O)NC)CC1. The summed E-state index contributed by atoms with van der Waals surface area (Å²) in [5, 5.41) is 8.51. The van der Waals surface area contributed by atoms with Gasteiger partial charge in [0.2, 0.25) is 5.91 Å². The van der Waals surface area contributed by atoms with Crippen molar-refractivity contribution in [3.05, 3.63) is 22.4 Å². The average Bonchev–Trinajstić information content (AvgIpc) is 3.26. The summed E-state index contributed by atoms with van der Waals surface area (Å²) in [6, 6.07) is 4.68. The van der Waals surface area contributed by atoms with Gasteiger partial charge in [-0.2, -0.15) is 0 Å². The smallest absolute Gasteiger partial charge is 0.220 e. The van der Waals surface area contributed by atoms with Gasteiger partial charge in [0, 0.05) is 58.1 Å². The van der Waals surface area contributed by atoms with E-state index < -0.39 is 0 Å². The van der Waals surface area contributed by atoms with Gasteiger partial charge in [-0.15, -0.1) is 11.3 Å². The van der Waals surface area contributed by atoms with Gasteiger partial charge in [0.25, 0.3) is 0 Å². The van der Waals surface area contributed by atoms with Crippen molar-refractivity contribution in [3.8, 4) is 0 Å². The predicted molar refractivity (Wildman–Crippen MR) is 118 cm³/mol. The highest BCUT2D eigenvalue weighted by Gasteiger charge is 2.28. The minimum atomic E-state index is 0.143. The summed E-state index contributed by atoms with van der Waals surface area (Å²) >= 11 is 1.82. The summed E-state index contributed by atoms with van der Waals surface area (Å²) in [6.45, 7) is 7.56. The zero-order valence-electron chi connectivity index (χ0n) is 17.9. The number of carbonyl (C=O) groups excluding carboxylic acids is 1. The maximum Gasteiger partial charge on any atom is 0.220 e. The summed E-state index contributed by atoms with van der Waals surface area (Å²) in [5.41, 5.74) is 0. The molecule has 8 heteroatoms. The highest BCUT2D eigenvalue weighted by atomic mass is 32.1. The van der Waals surface area contributed by atoms with Crippen molar-refractivity contribution in [2.24, 2.45) is 10.9 Å². The van der Waals surface area contributed by atoms with E-state index in [1.807, 2.05) is 18.4 Å². The molecule has 0 aliphatic carbocycles. The van der Waals surface area contributed by atoms with Crippen molar-refractivity contribution in [2.75, 3.05) is 53.4 Å². The first-order valence-electron chi connectivity index (χ1n) is 10.7. The number of guanidine groups is 1. The van der Waals surface area contributed by atoms with Crippen molar-refractivity contribution < 1.29 is 9.53 Å². The van der Waals surface area contributed by atoms with E-state index in [1.54, 1.807) is 7.05 Å². The van der Waals surface area contributed by atoms with Gasteiger partial charge in [-0.3, -0.25) is 14.7 Å². The third-order valence-corrected chi connectivity index (χ3v) is 6.89. The van der Waals surface area contributed by atoms with Crippen LogP contribution in [0.25, 0.3) is 0 Å². The number of rotatable bonds is 6. The largest absolute Gasteiger partial charge is 0.376 e. The lowest BCUT2D eigenvalue weighted by atomic mass is 9.93. The second-order valence-corrected chi connectivity index (χ2v) is 8.92. The minimum absolute atomic E-state index is 0.143. The van der Waals surface area contributed by atoms with Gasteiger partial charge in [-0.1, -0.05) is 6.07 Å². The number of morpholine rings is 1. The van der Waals surface area contributed by atoms with E-state index in [1.165, 1.54) is 4.88 Å². The standard InChI is InChI=1S/C21H35N5O2S/c1-16-15-26(10-11-28-16)18(19-5-4-12-29-19)14-24-21(23-3)25-8-6-17(7-9-25)13-20(27)22-2/h4-5,12,16-18H,6-11,13-15H2,1-3H3,(H,22,27)(H,23,24). The number of likely N-dealkylation sites (tertiary alicyclic amines) is 1. The zero-order chi connectivity index (χ0) is 20.6. The summed E-state index contributed by atoms with van der Waals surface area (Å²) in [4.78, 5) is 22.4. The topological polar surface area (TPSA) is 69.2 Å². The number of hydrogen-bond donors (Lipinski definition) is 2. The molecule has 2 atom stereocenters. The van der Waals surface area contributed by atoms with Gasteiger partial charge in [0.05, 0.1) is 18.8 Å². The minimum Gasteiger partial charge on any atom is -0.376 e. The summed E-state index contributed by atoms with van der Waals surface area (Å²) in [7, 11) is 3.57. The Morgan fingerprint density at radius 2 is 2.17 bits per heavy atom. The molecule has 2 unspecified atom stereocenters. The van der Waals surface area contributed by atoms with Crippen LogP contribution in [0.2, 0.25) is 0 Å². The zero-order valence-corrected chi connectivity index (χ0v) is 18.7. The van der Waals surface area contributed by atoms with Crippen LogP contribution in [0.1, 0.15) is 37.1 Å². The molecule has 2 fully saturated rings. The molecule has 0 spiro atoms. The molecule has 2 saturated heterocycles. The van der Waals surface area contributed by atoms with E-state index in [0.29, 0.717) is 18.4 Å². The van der Waals surface area contributed by atoms with Crippen LogP contribution < -0.4 is 10.6 Å². The highest BCUT2D eigenvalue weighted by molar-refractivity contribution is 7.10. The van der Waals surface area contributed by atoms with Crippen molar-refractivity contribution >= 4 is 23.2 Å². The molecule has 3 heterocycles. The van der Waals surface area contributed by atoms with E-state index in [2.05, 4.69) is 49.9 Å². The maximum atomic E-state index is 11.6. The molecule has 162 valence electrons. The fourth-order valence-electron chi connectivity index (χ4n) is 4.25. The molecular formula is C21H35N5O2S. The van der Waals surface area contributed by atoms with Gasteiger partial charge < -0.3 is 20.3 Å². The molecule has 1 aromatic rings. The molecule has 0 aromatic carbocycles. The average molecular weight is 422 g/mol. The first kappa shape index (κ1) is 22.1. The van der Waals surface area contributed by atoms with Crippen LogP contribution in [0.5, 0.6) is 0 Å². The van der Waals surface area contributed by atoms with Crippen molar-refractivity contribution in [1.29, 1.82) is 0 Å². The fraction of sp³-hybridized carbons (Fsp3) is 0.714. The Morgan fingerprint density at radius 1 is 1.38 bits per heavy atom. The lowest BCUT2D eigenvalue weighted by Crippen LogP contribution is -2.50. The van der Waals surface area contributed by atoms with Crippen LogP contribution in [-0.2, 0) is 9.53 Å². The number of aliphatic imine (C=N–C) groups is 1. The second-order valence-electron chi connectivity index (χ2n) is 7.94. The lowest BCUT2D eigenvalue weighted by Gasteiger charge is -2.38. The number of carbonyl (C=O) groups is 1. The number of nitrogens with one attached hydrogen (secondary N) is 2. The molecule has 2 aliphatic rings. The first-order valence-corrected chi connectivity index (χ1v) is 11.5. The van der Waals surface area contributed by atoms with Crippen LogP contribution in [0, 0.1) is 5.92 Å². The highest BCUT2D eigenvalue weighted by Crippen LogP contribution is 2.27. The van der Waals surface area contributed by atoms with Gasteiger partial charge >= 0.3 is 0 Å². The lowest BCUT2D eigenvalue weighted by molar-refractivity contribution is -0.121. The molecule has 0 saturated carbocycles. The molecule has 29 heavy (non-hydrogen) atoms. The molecule has 3 rings (SSSR count). The molecule has 0 radical (unpaired) electrons. The molecule has 0 bridgehead atoms. The molecule has 2 aliphatic heterocycles. The van der Waals surface area contributed by atoms with Crippen molar-refractivity contribution in [2.45, 2.75) is 38.3 Å². The number of amides is 1. The first-order chi connectivity index (χ1) is 14.1. The van der Waals surface area contributed by atoms with Crippen LogP contribution in [-0.4, -0.2) is 81.2 Å². The third kappa shape index (κ3) is 6.17. The van der Waals surface area contributed by atoms with E-state index >= 15 is 0 Å². The van der Waals surface area contributed by atoms with Crippen LogP contribution in [0.3, 0.4) is 0 Å². The Kier molecular flexibility index (Phi) is 8.32. The van der Waals surface area contributed by atoms with Crippen molar-refractivity contribution in [3.63, 3.8) is 0 Å². The molecule has 1 amide bonds. The molecule has 1 aromatic heterocycles. The van der Waals surface area contributed by atoms with Gasteiger partial charge in [-0.05, 0) is 37.1 Å². The van der Waals surface area contributed by atoms with Gasteiger partial charge in [0.1, 0.15) is 0 Å². The van der Waals surface area contributed by atoms with Crippen LogP contribution >= 0.6 is 11.3 Å². The fourth-order valence-corrected chi connectivity index (χ4v) is 5.11. The monoisotopic (exact) mass is 421 g/mol. The van der Waals surface area contributed by atoms with Crippen LogP contribution in [0.15, 0.2) is 22.5 Å². The molecule has 7 nitrogen and oxygen atoms in total. The molecule has 2 N–H and O–H groups in total. The summed E-state index contributed by atoms with van der Waals surface area (Å²) in [5.74, 6) is 1.58. The predicted octanol–water partition coefficient (Wildman–Crippen LogP) is 1.93. The van der Waals surface area contributed by atoms with E-state index in [9.17, 15) is 4.79 Å². The number of nitrogens with zero attached hydrogens (tertiary/aromatic N) is 3. The number of piperidine rings is 1. The second kappa shape index (κ2) is 10.9. The molecular weight excluding hydrogens is 386 g/mol. The summed E-state index contributed by atoms with van der Waals surface area (Å²) in [6.07, 6.45) is 2.96. The van der Waals surface area contributed by atoms with Gasteiger partial charge in [0.15, 0.2) is 5.96 Å². The van der Waals surface area contributed by atoms with Crippen molar-refractivity contribution in [1.82, 2.24) is 20.4 Å². The van der Waals surface area contributed by atoms with E-state index in [0.717, 1.165) is 58.1 Å². The number of ether oxygens (including phenoxy) is 1. The van der Waals surface area contributed by atoms with Gasteiger partial charge in [-0.25, -0.2) is 0 Å². The van der Waals surface area contributed by atoms with Crippen LogP contribution in [0.4, 0.5) is 0 Å². The Hall–Kier alpha value is -1.64. The third-order valence-electron chi connectivity index (χ3n) is 5.92. The summed E-state index contributed by atoms with van der Waals surface area (Å²) < 4.78 is 5.74. The maximum absolute atomic E-state index is 11.6. The Labute approximate surface area is 178 Å². The van der Waals surface area contributed by atoms with E-state index in [-0.39, 0.29) is 12.0 Å². The Morgan fingerprint density at radius 3 is 2.79 bits per heavy atom. The normalized spacial score (nSPS) is 23.1. The number of thiophene rings is 1. The quantitative estimate of drug-likeness (QED) is 0.543. The number of hydrogen-bond acceptors (Lipinski definition) is 5. The Balaban J connectivity index is 1.56. The Bertz CT molecular complexity index is 658.